The molecule has 0 aromatic heterocycles. The summed E-state index contributed by atoms with van der Waals surface area (Å²) in [4.78, 5) is 16.4. The highest BCUT2D eigenvalue weighted by molar-refractivity contribution is 5.84. The molecule has 1 aliphatic heterocycles. The van der Waals surface area contributed by atoms with Crippen LogP contribution in [0.15, 0.2) is 0 Å². The van der Waals surface area contributed by atoms with Gasteiger partial charge >= 0.3 is 0 Å². The van der Waals surface area contributed by atoms with Crippen LogP contribution in [0.25, 0.3) is 0 Å². The molecule has 1 fully saturated rings. The van der Waals surface area contributed by atoms with Crippen molar-refractivity contribution in [3.63, 3.8) is 0 Å². The molecule has 0 aliphatic carbocycles. The molecule has 0 saturated carbocycles. The van der Waals surface area contributed by atoms with E-state index in [0.29, 0.717) is 11.7 Å². The van der Waals surface area contributed by atoms with Crippen LogP contribution in [-0.2, 0) is 4.79 Å². The fraction of sp³-hybridized carbons (Fsp3) is 0.917. The number of Topliss-reactive ketones (excluding diaryl/α,β-unsaturated/α-hetero) is 1. The first-order valence-corrected chi connectivity index (χ1v) is 5.92. The first-order valence-electron chi connectivity index (χ1n) is 5.92. The van der Waals surface area contributed by atoms with Gasteiger partial charge in [-0.3, -0.25) is 9.69 Å². The molecular formula is C12H24N2O. The largest absolute Gasteiger partial charge is 0.303 e. The van der Waals surface area contributed by atoms with Crippen LogP contribution in [0.4, 0.5) is 0 Å². The Balaban J connectivity index is 2.42. The van der Waals surface area contributed by atoms with Gasteiger partial charge in [0.1, 0.15) is 0 Å². The summed E-state index contributed by atoms with van der Waals surface area (Å²) in [5, 5.41) is 0. The predicted octanol–water partition coefficient (Wildman–Crippen LogP) is 1.24. The maximum absolute atomic E-state index is 12.0. The maximum atomic E-state index is 12.0. The summed E-state index contributed by atoms with van der Waals surface area (Å²) < 4.78 is 0. The Morgan fingerprint density at radius 3 is 2.60 bits per heavy atom. The number of likely N-dealkylation sites (N-methyl/N-ethyl adjacent to an activating group) is 2. The Morgan fingerprint density at radius 1 is 1.33 bits per heavy atom. The zero-order valence-electron chi connectivity index (χ0n) is 10.5. The van der Waals surface area contributed by atoms with Gasteiger partial charge in [-0.05, 0) is 26.4 Å². The summed E-state index contributed by atoms with van der Waals surface area (Å²) in [5.74, 6) is 1.04. The molecule has 15 heavy (non-hydrogen) atoms. The number of carbonyl (C=O) groups is 1. The van der Waals surface area contributed by atoms with Crippen LogP contribution >= 0.6 is 0 Å². The van der Waals surface area contributed by atoms with Crippen molar-refractivity contribution in [1.82, 2.24) is 9.80 Å². The first-order chi connectivity index (χ1) is 7.00. The van der Waals surface area contributed by atoms with E-state index in [1.807, 2.05) is 0 Å². The summed E-state index contributed by atoms with van der Waals surface area (Å²) in [6.07, 6.45) is 1.76. The molecule has 1 atom stereocenters. The quantitative estimate of drug-likeness (QED) is 0.700. The Labute approximate surface area is 93.4 Å². The lowest BCUT2D eigenvalue weighted by Crippen LogP contribution is -2.53. The molecule has 3 heteroatoms. The van der Waals surface area contributed by atoms with Gasteiger partial charge in [0.25, 0.3) is 0 Å². The van der Waals surface area contributed by atoms with Crippen LogP contribution in [0.3, 0.4) is 0 Å². The van der Waals surface area contributed by atoms with Gasteiger partial charge in [-0.25, -0.2) is 0 Å². The number of carbonyl (C=O) groups excluding carboxylic acids is 1. The average molecular weight is 212 g/mol. The minimum atomic E-state index is 0.127. The Hall–Kier alpha value is -0.410. The second-order valence-corrected chi connectivity index (χ2v) is 5.16. The highest BCUT2D eigenvalue weighted by Gasteiger charge is 2.27. The van der Waals surface area contributed by atoms with E-state index in [1.165, 1.54) is 0 Å². The molecule has 1 saturated heterocycles. The standard InChI is InChI=1S/C12H24N2O/c1-10(2)5-6-12(15)11-9-13(3)7-8-14(11)4/h10-11H,5-9H2,1-4H3. The Kier molecular flexibility index (Phi) is 4.74. The zero-order chi connectivity index (χ0) is 11.4. The second kappa shape index (κ2) is 5.61. The van der Waals surface area contributed by atoms with Crippen molar-refractivity contribution in [3.05, 3.63) is 0 Å². The fourth-order valence-electron chi connectivity index (χ4n) is 1.96. The Bertz CT molecular complexity index is 216. The van der Waals surface area contributed by atoms with Crippen LogP contribution in [0, 0.1) is 5.92 Å². The molecule has 88 valence electrons. The predicted molar refractivity (Wildman–Crippen MR) is 63.0 cm³/mol. The van der Waals surface area contributed by atoms with Gasteiger partial charge in [0.15, 0.2) is 5.78 Å². The number of piperazine rings is 1. The van der Waals surface area contributed by atoms with Crippen LogP contribution in [0.2, 0.25) is 0 Å². The summed E-state index contributed by atoms with van der Waals surface area (Å²) in [6, 6.07) is 0.127. The highest BCUT2D eigenvalue weighted by atomic mass is 16.1. The lowest BCUT2D eigenvalue weighted by atomic mass is 10.00. The fourth-order valence-corrected chi connectivity index (χ4v) is 1.96. The van der Waals surface area contributed by atoms with Crippen molar-refractivity contribution in [2.45, 2.75) is 32.7 Å². The monoisotopic (exact) mass is 212 g/mol. The van der Waals surface area contributed by atoms with E-state index in [-0.39, 0.29) is 6.04 Å². The molecule has 0 aromatic rings. The summed E-state index contributed by atoms with van der Waals surface area (Å²) in [5.41, 5.74) is 0. The molecule has 1 aliphatic rings. The Morgan fingerprint density at radius 2 is 2.00 bits per heavy atom. The number of ketones is 1. The lowest BCUT2D eigenvalue weighted by Gasteiger charge is -2.36. The van der Waals surface area contributed by atoms with Gasteiger partial charge in [-0.2, -0.15) is 0 Å². The number of hydrogen-bond acceptors (Lipinski definition) is 3. The van der Waals surface area contributed by atoms with Crippen LogP contribution in [0.1, 0.15) is 26.7 Å². The molecule has 3 nitrogen and oxygen atoms in total. The molecule has 0 bridgehead atoms. The van der Waals surface area contributed by atoms with Gasteiger partial charge in [0.2, 0.25) is 0 Å². The second-order valence-electron chi connectivity index (χ2n) is 5.16. The third-order valence-corrected chi connectivity index (χ3v) is 3.19. The van der Waals surface area contributed by atoms with Crippen molar-refractivity contribution in [1.29, 1.82) is 0 Å². The van der Waals surface area contributed by atoms with Crippen molar-refractivity contribution in [2.24, 2.45) is 5.92 Å². The molecule has 0 amide bonds. The number of rotatable bonds is 4. The normalized spacial score (nSPS) is 24.7. The van der Waals surface area contributed by atoms with E-state index in [4.69, 9.17) is 0 Å². The molecule has 1 rings (SSSR count). The third-order valence-electron chi connectivity index (χ3n) is 3.19. The lowest BCUT2D eigenvalue weighted by molar-refractivity contribution is -0.126. The number of nitrogens with zero attached hydrogens (tertiary/aromatic N) is 2. The topological polar surface area (TPSA) is 23.6 Å². The van der Waals surface area contributed by atoms with Gasteiger partial charge in [-0.15, -0.1) is 0 Å². The molecule has 0 radical (unpaired) electrons. The van der Waals surface area contributed by atoms with Crippen LogP contribution in [0.5, 0.6) is 0 Å². The maximum Gasteiger partial charge on any atom is 0.151 e. The van der Waals surface area contributed by atoms with Crippen LogP contribution in [-0.4, -0.2) is 55.4 Å². The van der Waals surface area contributed by atoms with Gasteiger partial charge in [0.05, 0.1) is 6.04 Å². The summed E-state index contributed by atoms with van der Waals surface area (Å²) >= 11 is 0. The molecule has 0 N–H and O–H groups in total. The van der Waals surface area contributed by atoms with E-state index in [1.54, 1.807) is 0 Å². The average Bonchev–Trinajstić information content (AvgIpc) is 2.18. The zero-order valence-corrected chi connectivity index (χ0v) is 10.5. The number of hydrogen-bond donors (Lipinski definition) is 0. The minimum absolute atomic E-state index is 0.127. The van der Waals surface area contributed by atoms with Gasteiger partial charge in [-0.1, -0.05) is 13.8 Å². The summed E-state index contributed by atoms with van der Waals surface area (Å²) in [7, 11) is 4.15. The van der Waals surface area contributed by atoms with E-state index >= 15 is 0 Å². The van der Waals surface area contributed by atoms with E-state index in [2.05, 4.69) is 37.7 Å². The van der Waals surface area contributed by atoms with Crippen molar-refractivity contribution in [3.8, 4) is 0 Å². The molecule has 0 aromatic carbocycles. The van der Waals surface area contributed by atoms with Crippen LogP contribution < -0.4 is 0 Å². The highest BCUT2D eigenvalue weighted by Crippen LogP contribution is 2.12. The van der Waals surface area contributed by atoms with E-state index in [9.17, 15) is 4.79 Å². The molecule has 1 heterocycles. The minimum Gasteiger partial charge on any atom is -0.303 e. The van der Waals surface area contributed by atoms with Gasteiger partial charge < -0.3 is 4.90 Å². The van der Waals surface area contributed by atoms with Crippen molar-refractivity contribution < 1.29 is 4.79 Å². The first kappa shape index (κ1) is 12.7. The van der Waals surface area contributed by atoms with E-state index in [0.717, 1.165) is 32.5 Å². The summed E-state index contributed by atoms with van der Waals surface area (Å²) in [6.45, 7) is 7.32. The molecular weight excluding hydrogens is 188 g/mol. The van der Waals surface area contributed by atoms with Crippen molar-refractivity contribution in [2.75, 3.05) is 33.7 Å². The van der Waals surface area contributed by atoms with Crippen molar-refractivity contribution >= 4 is 5.78 Å². The SMILES string of the molecule is CC(C)CCC(=O)C1CN(C)CCN1C. The third kappa shape index (κ3) is 3.92. The molecule has 0 spiro atoms. The smallest absolute Gasteiger partial charge is 0.151 e. The van der Waals surface area contributed by atoms with E-state index < -0.39 is 0 Å². The molecule has 1 unspecified atom stereocenters. The van der Waals surface area contributed by atoms with Gasteiger partial charge in [0, 0.05) is 26.1 Å².